The maximum Gasteiger partial charge on any atom is 0.238 e. The minimum Gasteiger partial charge on any atom is -0.434 e. The molecular weight excluding hydrogens is 359 g/mol. The van der Waals surface area contributed by atoms with E-state index in [0.29, 0.717) is 22.1 Å². The lowest BCUT2D eigenvalue weighted by Crippen LogP contribution is -2.21. The summed E-state index contributed by atoms with van der Waals surface area (Å²) in [7, 11) is 0. The van der Waals surface area contributed by atoms with Gasteiger partial charge in [0.25, 0.3) is 0 Å². The van der Waals surface area contributed by atoms with Crippen molar-refractivity contribution in [2.45, 2.75) is 26.4 Å². The zero-order chi connectivity index (χ0) is 15.4. The van der Waals surface area contributed by atoms with Crippen LogP contribution in [0.15, 0.2) is 34.9 Å². The Labute approximate surface area is 136 Å². The van der Waals surface area contributed by atoms with Crippen LogP contribution < -0.4 is 10.1 Å². The molecule has 0 bridgehead atoms. The summed E-state index contributed by atoms with van der Waals surface area (Å²) in [4.78, 5) is 4.15. The van der Waals surface area contributed by atoms with Crippen molar-refractivity contribution in [3.05, 3.63) is 51.3 Å². The molecule has 2 rings (SSSR count). The molecule has 0 amide bonds. The highest BCUT2D eigenvalue weighted by Gasteiger charge is 2.10. The third-order valence-electron chi connectivity index (χ3n) is 2.68. The summed E-state index contributed by atoms with van der Waals surface area (Å²) in [6, 6.07) is 6.57. The van der Waals surface area contributed by atoms with E-state index in [9.17, 15) is 4.39 Å². The summed E-state index contributed by atoms with van der Waals surface area (Å²) in [5.41, 5.74) is 0.941. The molecule has 1 N–H and O–H groups in total. The molecular formula is C15H15BrClFN2O. The largest absolute Gasteiger partial charge is 0.434 e. The number of pyridine rings is 1. The summed E-state index contributed by atoms with van der Waals surface area (Å²) < 4.78 is 19.8. The average molecular weight is 374 g/mol. The van der Waals surface area contributed by atoms with E-state index in [2.05, 4.69) is 40.1 Å². The van der Waals surface area contributed by atoms with Gasteiger partial charge in [-0.3, -0.25) is 0 Å². The second-order valence-corrected chi connectivity index (χ2v) is 6.17. The van der Waals surface area contributed by atoms with Crippen LogP contribution >= 0.6 is 27.5 Å². The highest BCUT2D eigenvalue weighted by atomic mass is 79.9. The van der Waals surface area contributed by atoms with E-state index in [1.807, 2.05) is 0 Å². The summed E-state index contributed by atoms with van der Waals surface area (Å²) >= 11 is 9.40. The Morgan fingerprint density at radius 1 is 1.38 bits per heavy atom. The lowest BCUT2D eigenvalue weighted by atomic mass is 10.2. The lowest BCUT2D eigenvalue weighted by Gasteiger charge is -2.11. The number of rotatable bonds is 5. The van der Waals surface area contributed by atoms with Crippen molar-refractivity contribution in [3.63, 3.8) is 0 Å². The SMILES string of the molecule is CC(C)NCc1cnc(Oc2cc(Br)ccc2F)c(Cl)c1. The number of halogens is 3. The number of benzene rings is 1. The van der Waals surface area contributed by atoms with Gasteiger partial charge in [0, 0.05) is 23.3 Å². The van der Waals surface area contributed by atoms with Crippen LogP contribution in [0.3, 0.4) is 0 Å². The van der Waals surface area contributed by atoms with E-state index in [4.69, 9.17) is 16.3 Å². The molecule has 0 radical (unpaired) electrons. The zero-order valence-corrected chi connectivity index (χ0v) is 14.0. The summed E-state index contributed by atoms with van der Waals surface area (Å²) in [6.07, 6.45) is 1.66. The molecule has 1 aromatic carbocycles. The average Bonchev–Trinajstić information content (AvgIpc) is 2.43. The van der Waals surface area contributed by atoms with E-state index in [1.165, 1.54) is 12.1 Å². The number of hydrogen-bond donors (Lipinski definition) is 1. The van der Waals surface area contributed by atoms with E-state index >= 15 is 0 Å². The number of hydrogen-bond acceptors (Lipinski definition) is 3. The number of aromatic nitrogens is 1. The predicted octanol–water partition coefficient (Wildman–Crippen LogP) is 4.93. The van der Waals surface area contributed by atoms with Crippen LogP contribution in [-0.4, -0.2) is 11.0 Å². The molecule has 6 heteroatoms. The van der Waals surface area contributed by atoms with Crippen LogP contribution in [0.25, 0.3) is 0 Å². The second-order valence-electron chi connectivity index (χ2n) is 4.84. The first kappa shape index (κ1) is 16.2. The summed E-state index contributed by atoms with van der Waals surface area (Å²) in [5, 5.41) is 3.61. The first-order chi connectivity index (χ1) is 9.95. The van der Waals surface area contributed by atoms with Crippen molar-refractivity contribution in [2.75, 3.05) is 0 Å². The third-order valence-corrected chi connectivity index (χ3v) is 3.44. The van der Waals surface area contributed by atoms with Gasteiger partial charge in [0.15, 0.2) is 11.6 Å². The summed E-state index contributed by atoms with van der Waals surface area (Å²) in [5.74, 6) is -0.213. The minimum absolute atomic E-state index is 0.0758. The van der Waals surface area contributed by atoms with Gasteiger partial charge in [0.2, 0.25) is 5.88 Å². The van der Waals surface area contributed by atoms with Gasteiger partial charge < -0.3 is 10.1 Å². The van der Waals surface area contributed by atoms with Gasteiger partial charge in [-0.1, -0.05) is 41.4 Å². The predicted molar refractivity (Wildman–Crippen MR) is 85.4 cm³/mol. The highest BCUT2D eigenvalue weighted by molar-refractivity contribution is 9.10. The van der Waals surface area contributed by atoms with Gasteiger partial charge in [0.05, 0.1) is 0 Å². The number of nitrogens with one attached hydrogen (secondary N) is 1. The fourth-order valence-corrected chi connectivity index (χ4v) is 2.19. The third kappa shape index (κ3) is 4.66. The molecule has 0 spiro atoms. The molecule has 21 heavy (non-hydrogen) atoms. The summed E-state index contributed by atoms with van der Waals surface area (Å²) in [6.45, 7) is 4.78. The monoisotopic (exact) mass is 372 g/mol. The Bertz CT molecular complexity index is 637. The minimum atomic E-state index is -0.471. The van der Waals surface area contributed by atoms with Crippen molar-refractivity contribution in [1.82, 2.24) is 10.3 Å². The van der Waals surface area contributed by atoms with Gasteiger partial charge in [-0.05, 0) is 29.8 Å². The van der Waals surface area contributed by atoms with Crippen LogP contribution in [0.5, 0.6) is 11.6 Å². The van der Waals surface area contributed by atoms with Gasteiger partial charge in [-0.2, -0.15) is 0 Å². The van der Waals surface area contributed by atoms with E-state index < -0.39 is 5.82 Å². The zero-order valence-electron chi connectivity index (χ0n) is 11.7. The van der Waals surface area contributed by atoms with E-state index in [0.717, 1.165) is 5.56 Å². The molecule has 1 aromatic heterocycles. The fourth-order valence-electron chi connectivity index (χ4n) is 1.62. The smallest absolute Gasteiger partial charge is 0.238 e. The Morgan fingerprint density at radius 2 is 2.14 bits per heavy atom. The second kappa shape index (κ2) is 7.20. The normalized spacial score (nSPS) is 11.0. The van der Waals surface area contributed by atoms with Crippen molar-refractivity contribution >= 4 is 27.5 Å². The Hall–Kier alpha value is -1.17. The van der Waals surface area contributed by atoms with Crippen LogP contribution in [0.2, 0.25) is 5.02 Å². The van der Waals surface area contributed by atoms with E-state index in [-0.39, 0.29) is 11.6 Å². The molecule has 3 nitrogen and oxygen atoms in total. The number of nitrogens with zero attached hydrogens (tertiary/aromatic N) is 1. The standard InChI is InChI=1S/C15H15BrClFN2O/c1-9(2)19-7-10-5-12(17)15(20-8-10)21-14-6-11(16)3-4-13(14)18/h3-6,8-9,19H,7H2,1-2H3. The topological polar surface area (TPSA) is 34.2 Å². The van der Waals surface area contributed by atoms with Gasteiger partial charge in [-0.15, -0.1) is 0 Å². The molecule has 0 fully saturated rings. The van der Waals surface area contributed by atoms with Gasteiger partial charge >= 0.3 is 0 Å². The molecule has 0 aliphatic rings. The number of ether oxygens (including phenoxy) is 1. The Morgan fingerprint density at radius 3 is 2.81 bits per heavy atom. The molecule has 2 aromatic rings. The van der Waals surface area contributed by atoms with Crippen LogP contribution in [0.1, 0.15) is 19.4 Å². The van der Waals surface area contributed by atoms with Crippen molar-refractivity contribution < 1.29 is 9.13 Å². The Balaban J connectivity index is 2.15. The molecule has 0 unspecified atom stereocenters. The first-order valence-corrected chi connectivity index (χ1v) is 7.63. The van der Waals surface area contributed by atoms with Crippen LogP contribution in [0.4, 0.5) is 4.39 Å². The molecule has 0 saturated carbocycles. The van der Waals surface area contributed by atoms with Gasteiger partial charge in [0.1, 0.15) is 5.02 Å². The van der Waals surface area contributed by atoms with Crippen LogP contribution in [0, 0.1) is 5.82 Å². The quantitative estimate of drug-likeness (QED) is 0.807. The molecule has 0 atom stereocenters. The molecule has 0 aliphatic heterocycles. The van der Waals surface area contributed by atoms with Crippen molar-refractivity contribution in [1.29, 1.82) is 0 Å². The first-order valence-electron chi connectivity index (χ1n) is 6.46. The van der Waals surface area contributed by atoms with Crippen molar-refractivity contribution in [3.8, 4) is 11.6 Å². The molecule has 0 aliphatic carbocycles. The fraction of sp³-hybridized carbons (Fsp3) is 0.267. The molecule has 1 heterocycles. The lowest BCUT2D eigenvalue weighted by molar-refractivity contribution is 0.427. The van der Waals surface area contributed by atoms with Crippen LogP contribution in [-0.2, 0) is 6.54 Å². The molecule has 112 valence electrons. The maximum atomic E-state index is 13.6. The van der Waals surface area contributed by atoms with E-state index in [1.54, 1.807) is 18.3 Å². The molecule has 0 saturated heterocycles. The highest BCUT2D eigenvalue weighted by Crippen LogP contribution is 2.31. The maximum absolute atomic E-state index is 13.6. The Kier molecular flexibility index (Phi) is 5.56. The van der Waals surface area contributed by atoms with Crippen molar-refractivity contribution in [2.24, 2.45) is 0 Å². The van der Waals surface area contributed by atoms with Gasteiger partial charge in [-0.25, -0.2) is 9.37 Å².